The Hall–Kier alpha value is -1.57. The number of aromatic carboxylic acids is 1. The van der Waals surface area contributed by atoms with E-state index in [1.807, 2.05) is 18.2 Å². The van der Waals surface area contributed by atoms with Crippen molar-refractivity contribution in [2.24, 2.45) is 0 Å². The highest BCUT2D eigenvalue weighted by Gasteiger charge is 2.19. The fourth-order valence-electron chi connectivity index (χ4n) is 1.85. The molecule has 0 bridgehead atoms. The molecule has 23 heavy (non-hydrogen) atoms. The topological polar surface area (TPSA) is 79.3 Å². The molecule has 8 heteroatoms. The number of benzene rings is 1. The highest BCUT2D eigenvalue weighted by Crippen LogP contribution is 2.27. The molecule has 0 fully saturated rings. The maximum absolute atomic E-state index is 12.0. The summed E-state index contributed by atoms with van der Waals surface area (Å²) in [5.41, 5.74) is 0.462. The molecular formula is C15H15ClN2O3S2. The summed E-state index contributed by atoms with van der Waals surface area (Å²) in [6, 6.07) is 6.98. The molecule has 1 atom stereocenters. The molecule has 0 aliphatic rings. The van der Waals surface area contributed by atoms with E-state index in [2.05, 4.69) is 10.3 Å². The van der Waals surface area contributed by atoms with Crippen LogP contribution in [0.1, 0.15) is 33.3 Å². The number of aryl methyl sites for hydroxylation is 1. The third-order valence-corrected chi connectivity index (χ3v) is 5.79. The summed E-state index contributed by atoms with van der Waals surface area (Å²) < 4.78 is 0. The zero-order valence-electron chi connectivity index (χ0n) is 12.5. The Bertz CT molecular complexity index is 733. The number of carbonyl (C=O) groups is 2. The van der Waals surface area contributed by atoms with Gasteiger partial charge in [0.15, 0.2) is 0 Å². The van der Waals surface area contributed by atoms with E-state index in [1.165, 1.54) is 11.8 Å². The van der Waals surface area contributed by atoms with Crippen LogP contribution in [0.3, 0.4) is 0 Å². The molecule has 2 rings (SSSR count). The van der Waals surface area contributed by atoms with Gasteiger partial charge in [0.1, 0.15) is 9.88 Å². The van der Waals surface area contributed by atoms with Gasteiger partial charge in [0.05, 0.1) is 22.5 Å². The van der Waals surface area contributed by atoms with Gasteiger partial charge in [-0.1, -0.05) is 23.7 Å². The first-order chi connectivity index (χ1) is 10.9. The van der Waals surface area contributed by atoms with Crippen LogP contribution < -0.4 is 5.32 Å². The molecule has 0 saturated heterocycles. The van der Waals surface area contributed by atoms with Crippen molar-refractivity contribution in [1.29, 1.82) is 0 Å². The molecule has 0 spiro atoms. The fraction of sp³-hybridized carbons (Fsp3) is 0.267. The van der Waals surface area contributed by atoms with E-state index >= 15 is 0 Å². The number of nitrogens with one attached hydrogen (secondary N) is 1. The minimum Gasteiger partial charge on any atom is -0.477 e. The second-order valence-corrected chi connectivity index (χ2v) is 7.24. The molecule has 0 aliphatic carbocycles. The van der Waals surface area contributed by atoms with Gasteiger partial charge in [-0.2, -0.15) is 0 Å². The SMILES string of the molecule is Cc1nc(C(C)NC(=O)CSc2ccccc2Cl)sc1C(=O)O. The van der Waals surface area contributed by atoms with Crippen LogP contribution in [0.25, 0.3) is 0 Å². The number of thiazole rings is 1. The van der Waals surface area contributed by atoms with Gasteiger partial charge >= 0.3 is 5.97 Å². The maximum atomic E-state index is 12.0. The third-order valence-electron chi connectivity index (χ3n) is 2.95. The number of halogens is 1. The van der Waals surface area contributed by atoms with Gasteiger partial charge in [-0.15, -0.1) is 23.1 Å². The zero-order chi connectivity index (χ0) is 17.0. The van der Waals surface area contributed by atoms with Crippen molar-refractivity contribution >= 4 is 46.6 Å². The Balaban J connectivity index is 1.93. The summed E-state index contributed by atoms with van der Waals surface area (Å²) in [5.74, 6) is -0.935. The molecule has 122 valence electrons. The molecule has 2 N–H and O–H groups in total. The number of carboxylic acid groups (broad SMARTS) is 1. The van der Waals surface area contributed by atoms with Crippen LogP contribution in [0.5, 0.6) is 0 Å². The molecule has 1 unspecified atom stereocenters. The lowest BCUT2D eigenvalue weighted by molar-refractivity contribution is -0.119. The minimum absolute atomic E-state index is 0.160. The summed E-state index contributed by atoms with van der Waals surface area (Å²) in [6.07, 6.45) is 0. The summed E-state index contributed by atoms with van der Waals surface area (Å²) in [7, 11) is 0. The van der Waals surface area contributed by atoms with Crippen LogP contribution in [0, 0.1) is 6.92 Å². The second kappa shape index (κ2) is 7.81. The number of carboxylic acids is 1. The first kappa shape index (κ1) is 17.8. The number of carbonyl (C=O) groups excluding carboxylic acids is 1. The van der Waals surface area contributed by atoms with Crippen LogP contribution in [0.4, 0.5) is 0 Å². The number of rotatable bonds is 6. The van der Waals surface area contributed by atoms with Crippen LogP contribution in [-0.2, 0) is 4.79 Å². The number of nitrogens with zero attached hydrogens (tertiary/aromatic N) is 1. The van der Waals surface area contributed by atoms with Crippen LogP contribution >= 0.6 is 34.7 Å². The smallest absolute Gasteiger partial charge is 0.347 e. The Morgan fingerprint density at radius 2 is 2.13 bits per heavy atom. The number of aromatic nitrogens is 1. The molecule has 1 aromatic heterocycles. The van der Waals surface area contributed by atoms with Crippen molar-refractivity contribution in [2.45, 2.75) is 24.8 Å². The average molecular weight is 371 g/mol. The summed E-state index contributed by atoms with van der Waals surface area (Å²) in [5, 5.41) is 13.1. The van der Waals surface area contributed by atoms with Gasteiger partial charge in [0.2, 0.25) is 5.91 Å². The van der Waals surface area contributed by atoms with Crippen molar-refractivity contribution in [3.63, 3.8) is 0 Å². The van der Waals surface area contributed by atoms with Crippen molar-refractivity contribution in [3.05, 3.63) is 44.9 Å². The maximum Gasteiger partial charge on any atom is 0.347 e. The predicted octanol–water partition coefficient (Wildman–Crippen LogP) is 3.77. The van der Waals surface area contributed by atoms with Gasteiger partial charge < -0.3 is 10.4 Å². The zero-order valence-corrected chi connectivity index (χ0v) is 14.9. The molecule has 5 nitrogen and oxygen atoms in total. The van der Waals surface area contributed by atoms with Gasteiger partial charge in [0.25, 0.3) is 0 Å². The monoisotopic (exact) mass is 370 g/mol. The Kier molecular flexibility index (Phi) is 6.04. The Morgan fingerprint density at radius 3 is 2.74 bits per heavy atom. The molecule has 2 aromatic rings. The van der Waals surface area contributed by atoms with E-state index in [1.54, 1.807) is 19.9 Å². The molecule has 1 heterocycles. The van der Waals surface area contributed by atoms with E-state index in [4.69, 9.17) is 16.7 Å². The fourth-order valence-corrected chi connectivity index (χ4v) is 3.81. The first-order valence-electron chi connectivity index (χ1n) is 6.75. The second-order valence-electron chi connectivity index (χ2n) is 4.78. The Morgan fingerprint density at radius 1 is 1.43 bits per heavy atom. The van der Waals surface area contributed by atoms with Gasteiger partial charge in [-0.05, 0) is 26.0 Å². The lowest BCUT2D eigenvalue weighted by Crippen LogP contribution is -2.28. The molecule has 1 amide bonds. The number of hydrogen-bond acceptors (Lipinski definition) is 5. The number of thioether (sulfide) groups is 1. The van der Waals surface area contributed by atoms with Crippen LogP contribution in [-0.4, -0.2) is 27.7 Å². The molecule has 0 aliphatic heterocycles. The summed E-state index contributed by atoms with van der Waals surface area (Å²) in [4.78, 5) is 28.3. The molecular weight excluding hydrogens is 356 g/mol. The van der Waals surface area contributed by atoms with Gasteiger partial charge in [-0.25, -0.2) is 9.78 Å². The van der Waals surface area contributed by atoms with E-state index < -0.39 is 5.97 Å². The molecule has 0 radical (unpaired) electrons. The largest absolute Gasteiger partial charge is 0.477 e. The van der Waals surface area contributed by atoms with Crippen molar-refractivity contribution < 1.29 is 14.7 Å². The van der Waals surface area contributed by atoms with E-state index in [0.717, 1.165) is 16.2 Å². The molecule has 1 aromatic carbocycles. The third kappa shape index (κ3) is 4.70. The number of hydrogen-bond donors (Lipinski definition) is 2. The summed E-state index contributed by atoms with van der Waals surface area (Å²) in [6.45, 7) is 3.42. The predicted molar refractivity (Wildman–Crippen MR) is 92.5 cm³/mol. The quantitative estimate of drug-likeness (QED) is 0.756. The molecule has 0 saturated carbocycles. The van der Waals surface area contributed by atoms with E-state index in [9.17, 15) is 9.59 Å². The van der Waals surface area contributed by atoms with Crippen molar-refractivity contribution in [3.8, 4) is 0 Å². The van der Waals surface area contributed by atoms with Crippen LogP contribution in [0.2, 0.25) is 5.02 Å². The highest BCUT2D eigenvalue weighted by molar-refractivity contribution is 8.00. The van der Waals surface area contributed by atoms with Gasteiger partial charge in [0, 0.05) is 4.90 Å². The standard InChI is InChI=1S/C15H15ClN2O3S2/c1-8-13(15(20)21)23-14(18-8)9(2)17-12(19)7-22-11-6-4-3-5-10(11)16/h3-6,9H,7H2,1-2H3,(H,17,19)(H,20,21). The normalized spacial score (nSPS) is 12.0. The van der Waals surface area contributed by atoms with E-state index in [0.29, 0.717) is 15.7 Å². The van der Waals surface area contributed by atoms with Gasteiger partial charge in [-0.3, -0.25) is 4.79 Å². The first-order valence-corrected chi connectivity index (χ1v) is 8.93. The highest BCUT2D eigenvalue weighted by atomic mass is 35.5. The van der Waals surface area contributed by atoms with E-state index in [-0.39, 0.29) is 22.6 Å². The minimum atomic E-state index is -1.00. The lowest BCUT2D eigenvalue weighted by atomic mass is 10.3. The Labute approximate surface area is 147 Å². The van der Waals surface area contributed by atoms with Crippen molar-refractivity contribution in [2.75, 3.05) is 5.75 Å². The van der Waals surface area contributed by atoms with Crippen LogP contribution in [0.15, 0.2) is 29.2 Å². The summed E-state index contributed by atoms with van der Waals surface area (Å²) >= 11 is 8.47. The average Bonchev–Trinajstić information content (AvgIpc) is 2.89. The number of amides is 1. The van der Waals surface area contributed by atoms with Crippen molar-refractivity contribution in [1.82, 2.24) is 10.3 Å². The lowest BCUT2D eigenvalue weighted by Gasteiger charge is -2.11.